The number of hydrogen-bond acceptors (Lipinski definition) is 8. The molecular formula is C23H25N5O5. The van der Waals surface area contributed by atoms with E-state index >= 15 is 0 Å². The summed E-state index contributed by atoms with van der Waals surface area (Å²) in [7, 11) is 3.08. The van der Waals surface area contributed by atoms with E-state index < -0.39 is 6.04 Å². The van der Waals surface area contributed by atoms with Gasteiger partial charge >= 0.3 is 0 Å². The second-order valence-electron chi connectivity index (χ2n) is 7.27. The lowest BCUT2D eigenvalue weighted by Crippen LogP contribution is -2.31. The van der Waals surface area contributed by atoms with Crippen molar-refractivity contribution >= 4 is 17.5 Å². The lowest BCUT2D eigenvalue weighted by molar-refractivity contribution is -0.113. The number of carbonyl (C=O) groups excluding carboxylic acids is 1. The standard InChI is InChI=1S/C23H25N5O5/c1-5-33-19-10-14(6-8-17(19)29)21-20(13(2)26-23-24-12-25-28(21)23)22(30)27-16-11-15(31-3)7-9-18(16)32-4/h6-12,21,29H,5H2,1-4H3,(H,27,30)(H,24,25,26)/t21-/m0/s1. The van der Waals surface area contributed by atoms with E-state index in [0.29, 0.717) is 52.3 Å². The fraction of sp³-hybridized carbons (Fsp3) is 0.261. The smallest absolute Gasteiger partial charge is 0.255 e. The highest BCUT2D eigenvalue weighted by Gasteiger charge is 2.34. The number of aromatic hydroxyl groups is 1. The number of hydrogen-bond donors (Lipinski definition) is 3. The van der Waals surface area contributed by atoms with E-state index in [-0.39, 0.29) is 11.7 Å². The number of phenolic OH excluding ortho intramolecular Hbond substituents is 1. The van der Waals surface area contributed by atoms with Crippen molar-refractivity contribution in [3.05, 3.63) is 59.6 Å². The fourth-order valence-corrected chi connectivity index (χ4v) is 3.77. The normalized spacial score (nSPS) is 14.8. The molecule has 0 aliphatic carbocycles. The van der Waals surface area contributed by atoms with E-state index in [1.54, 1.807) is 49.0 Å². The number of carbonyl (C=O) groups is 1. The zero-order valence-corrected chi connectivity index (χ0v) is 18.7. The van der Waals surface area contributed by atoms with Gasteiger partial charge in [0.25, 0.3) is 5.91 Å². The van der Waals surface area contributed by atoms with Crippen molar-refractivity contribution in [1.82, 2.24) is 14.8 Å². The van der Waals surface area contributed by atoms with Gasteiger partial charge in [0, 0.05) is 11.8 Å². The fourth-order valence-electron chi connectivity index (χ4n) is 3.77. The van der Waals surface area contributed by atoms with E-state index in [0.717, 1.165) is 0 Å². The number of allylic oxidation sites excluding steroid dienone is 1. The molecule has 1 amide bonds. The van der Waals surface area contributed by atoms with Gasteiger partial charge in [0.1, 0.15) is 23.9 Å². The second kappa shape index (κ2) is 9.11. The molecule has 1 aliphatic heterocycles. The average molecular weight is 451 g/mol. The predicted molar refractivity (Wildman–Crippen MR) is 122 cm³/mol. The second-order valence-corrected chi connectivity index (χ2v) is 7.27. The third-order valence-electron chi connectivity index (χ3n) is 5.29. The monoisotopic (exact) mass is 451 g/mol. The Morgan fingerprint density at radius 3 is 2.73 bits per heavy atom. The molecule has 0 saturated carbocycles. The molecule has 2 aromatic carbocycles. The highest BCUT2D eigenvalue weighted by atomic mass is 16.5. The van der Waals surface area contributed by atoms with Crippen LogP contribution in [0, 0.1) is 0 Å². The summed E-state index contributed by atoms with van der Waals surface area (Å²) in [6.45, 7) is 4.01. The van der Waals surface area contributed by atoms with E-state index in [2.05, 4.69) is 20.7 Å². The Labute approximate surface area is 190 Å². The van der Waals surface area contributed by atoms with E-state index in [1.165, 1.54) is 19.5 Å². The molecule has 1 atom stereocenters. The summed E-state index contributed by atoms with van der Waals surface area (Å²) in [5.41, 5.74) is 2.20. The molecule has 10 nitrogen and oxygen atoms in total. The highest BCUT2D eigenvalue weighted by Crippen LogP contribution is 2.39. The predicted octanol–water partition coefficient (Wildman–Crippen LogP) is 3.33. The largest absolute Gasteiger partial charge is 0.504 e. The minimum Gasteiger partial charge on any atom is -0.504 e. The average Bonchev–Trinajstić information content (AvgIpc) is 3.27. The van der Waals surface area contributed by atoms with Crippen LogP contribution < -0.4 is 24.8 Å². The molecule has 0 saturated heterocycles. The summed E-state index contributed by atoms with van der Waals surface area (Å²) >= 11 is 0. The minimum atomic E-state index is -0.611. The number of rotatable bonds is 7. The van der Waals surface area contributed by atoms with Crippen molar-refractivity contribution in [1.29, 1.82) is 0 Å². The first-order chi connectivity index (χ1) is 16.0. The number of fused-ring (bicyclic) bond motifs is 1. The van der Waals surface area contributed by atoms with Crippen LogP contribution in [-0.2, 0) is 4.79 Å². The highest BCUT2D eigenvalue weighted by molar-refractivity contribution is 6.06. The zero-order valence-electron chi connectivity index (χ0n) is 18.7. The van der Waals surface area contributed by atoms with E-state index in [4.69, 9.17) is 14.2 Å². The SMILES string of the molecule is CCOc1cc([C@H]2C(C(=O)Nc3cc(OC)ccc3OC)=C(C)Nc3ncnn32)ccc1O. The summed E-state index contributed by atoms with van der Waals surface area (Å²) in [6, 6.07) is 9.51. The van der Waals surface area contributed by atoms with Crippen LogP contribution in [0.5, 0.6) is 23.0 Å². The molecule has 172 valence electrons. The van der Waals surface area contributed by atoms with E-state index in [1.807, 2.05) is 6.92 Å². The molecule has 1 aromatic heterocycles. The molecule has 2 heterocycles. The molecule has 10 heteroatoms. The number of methoxy groups -OCH3 is 2. The molecule has 4 rings (SSSR count). The van der Waals surface area contributed by atoms with Crippen LogP contribution >= 0.6 is 0 Å². The molecule has 0 bridgehead atoms. The number of nitrogens with zero attached hydrogens (tertiary/aromatic N) is 3. The van der Waals surface area contributed by atoms with Crippen molar-refractivity contribution in [3.63, 3.8) is 0 Å². The summed E-state index contributed by atoms with van der Waals surface area (Å²) < 4.78 is 17.9. The molecule has 3 aromatic rings. The van der Waals surface area contributed by atoms with Gasteiger partial charge in [-0.05, 0) is 43.7 Å². The van der Waals surface area contributed by atoms with Gasteiger partial charge in [-0.1, -0.05) is 6.07 Å². The number of benzene rings is 2. The van der Waals surface area contributed by atoms with Gasteiger partial charge in [0.05, 0.1) is 32.1 Å². The Hall–Kier alpha value is -4.21. The molecule has 1 aliphatic rings. The van der Waals surface area contributed by atoms with Crippen LogP contribution in [0.2, 0.25) is 0 Å². The maximum Gasteiger partial charge on any atom is 0.255 e. The number of anilines is 2. The number of phenols is 1. The lowest BCUT2D eigenvalue weighted by Gasteiger charge is -2.29. The maximum atomic E-state index is 13.6. The van der Waals surface area contributed by atoms with Crippen LogP contribution in [0.3, 0.4) is 0 Å². The first-order valence-electron chi connectivity index (χ1n) is 10.3. The zero-order chi connectivity index (χ0) is 23.5. The van der Waals surface area contributed by atoms with Crippen LogP contribution in [0.25, 0.3) is 0 Å². The maximum absolute atomic E-state index is 13.6. The van der Waals surface area contributed by atoms with Gasteiger partial charge in [-0.25, -0.2) is 4.68 Å². The molecule has 33 heavy (non-hydrogen) atoms. The van der Waals surface area contributed by atoms with Crippen molar-refractivity contribution in [3.8, 4) is 23.0 Å². The number of amides is 1. The first kappa shape index (κ1) is 22.0. The number of nitrogens with one attached hydrogen (secondary N) is 2. The van der Waals surface area contributed by atoms with Crippen LogP contribution in [0.1, 0.15) is 25.5 Å². The quantitative estimate of drug-likeness (QED) is 0.500. The van der Waals surface area contributed by atoms with Crippen molar-refractivity contribution in [2.24, 2.45) is 0 Å². The van der Waals surface area contributed by atoms with Crippen molar-refractivity contribution in [2.45, 2.75) is 19.9 Å². The molecule has 0 unspecified atom stereocenters. The third-order valence-corrected chi connectivity index (χ3v) is 5.29. The molecule has 0 spiro atoms. The molecule has 0 radical (unpaired) electrons. The Bertz CT molecular complexity index is 1220. The van der Waals surface area contributed by atoms with Gasteiger partial charge < -0.3 is 30.0 Å². The Morgan fingerprint density at radius 1 is 1.18 bits per heavy atom. The summed E-state index contributed by atoms with van der Waals surface area (Å²) in [5.74, 6) is 1.55. The Morgan fingerprint density at radius 2 is 2.00 bits per heavy atom. The first-order valence-corrected chi connectivity index (χ1v) is 10.3. The van der Waals surface area contributed by atoms with Gasteiger partial charge in [-0.3, -0.25) is 4.79 Å². The van der Waals surface area contributed by atoms with E-state index in [9.17, 15) is 9.90 Å². The summed E-state index contributed by atoms with van der Waals surface area (Å²) in [5, 5.41) is 20.5. The Balaban J connectivity index is 1.78. The molecular weight excluding hydrogens is 426 g/mol. The summed E-state index contributed by atoms with van der Waals surface area (Å²) in [6.07, 6.45) is 1.42. The summed E-state index contributed by atoms with van der Waals surface area (Å²) in [4.78, 5) is 17.8. The van der Waals surface area contributed by atoms with Crippen molar-refractivity contribution in [2.75, 3.05) is 31.5 Å². The lowest BCUT2D eigenvalue weighted by atomic mass is 9.94. The third kappa shape index (κ3) is 4.14. The minimum absolute atomic E-state index is 0.0150. The van der Waals surface area contributed by atoms with Gasteiger partial charge in [-0.15, -0.1) is 0 Å². The van der Waals surface area contributed by atoms with Gasteiger partial charge in [0.15, 0.2) is 11.5 Å². The van der Waals surface area contributed by atoms with Gasteiger partial charge in [0.2, 0.25) is 5.95 Å². The molecule has 3 N–H and O–H groups in total. The topological polar surface area (TPSA) is 120 Å². The van der Waals surface area contributed by atoms with Crippen LogP contribution in [0.4, 0.5) is 11.6 Å². The van der Waals surface area contributed by atoms with Gasteiger partial charge in [-0.2, -0.15) is 10.1 Å². The Kier molecular flexibility index (Phi) is 6.07. The van der Waals surface area contributed by atoms with Crippen LogP contribution in [-0.4, -0.2) is 46.6 Å². The number of ether oxygens (including phenoxy) is 3. The van der Waals surface area contributed by atoms with Crippen molar-refractivity contribution < 1.29 is 24.1 Å². The molecule has 0 fully saturated rings. The van der Waals surface area contributed by atoms with Crippen LogP contribution in [0.15, 0.2) is 54.0 Å². The number of aromatic nitrogens is 3.